The van der Waals surface area contributed by atoms with Crippen molar-refractivity contribution >= 4 is 21.6 Å². The number of benzene rings is 2. The second kappa shape index (κ2) is 9.49. The van der Waals surface area contributed by atoms with Gasteiger partial charge in [-0.1, -0.05) is 24.6 Å². The van der Waals surface area contributed by atoms with Gasteiger partial charge < -0.3 is 14.8 Å². The molecule has 1 atom stereocenters. The smallest absolute Gasteiger partial charge is 0.265 e. The van der Waals surface area contributed by atoms with Gasteiger partial charge in [-0.25, -0.2) is 8.42 Å². The summed E-state index contributed by atoms with van der Waals surface area (Å²) in [6.07, 6.45) is 1.95. The van der Waals surface area contributed by atoms with Crippen LogP contribution in [-0.2, 0) is 14.8 Å². The summed E-state index contributed by atoms with van der Waals surface area (Å²) >= 11 is 0. The van der Waals surface area contributed by atoms with Gasteiger partial charge in [-0.05, 0) is 56.5 Å². The Morgan fingerprint density at radius 2 is 1.77 bits per heavy atom. The van der Waals surface area contributed by atoms with Gasteiger partial charge in [0, 0.05) is 18.8 Å². The summed E-state index contributed by atoms with van der Waals surface area (Å²) in [6.45, 7) is 4.53. The summed E-state index contributed by atoms with van der Waals surface area (Å²) in [6, 6.07) is 12.1. The molecule has 0 spiro atoms. The highest BCUT2D eigenvalue weighted by Gasteiger charge is 2.29. The Labute approximate surface area is 178 Å². The maximum Gasteiger partial charge on any atom is 0.265 e. The number of nitrogens with zero attached hydrogens (tertiary/aromatic N) is 1. The van der Waals surface area contributed by atoms with E-state index in [4.69, 9.17) is 9.47 Å². The Bertz CT molecular complexity index is 1000. The van der Waals surface area contributed by atoms with Crippen LogP contribution in [0, 0.1) is 6.92 Å². The third-order valence-electron chi connectivity index (χ3n) is 5.13. The van der Waals surface area contributed by atoms with E-state index < -0.39 is 16.1 Å². The number of ether oxygens (including phenoxy) is 2. The van der Waals surface area contributed by atoms with E-state index in [2.05, 4.69) is 5.32 Å². The molecule has 2 aromatic rings. The van der Waals surface area contributed by atoms with Gasteiger partial charge >= 0.3 is 0 Å². The van der Waals surface area contributed by atoms with Gasteiger partial charge in [0.1, 0.15) is 16.4 Å². The molecule has 0 radical (unpaired) electrons. The molecule has 0 bridgehead atoms. The summed E-state index contributed by atoms with van der Waals surface area (Å²) in [4.78, 5) is 12.7. The maximum absolute atomic E-state index is 13.1. The van der Waals surface area contributed by atoms with E-state index in [0.717, 1.165) is 24.8 Å². The molecule has 1 saturated heterocycles. The number of methoxy groups -OCH3 is 1. The number of rotatable bonds is 7. The highest BCUT2D eigenvalue weighted by Crippen LogP contribution is 2.31. The van der Waals surface area contributed by atoms with Crippen molar-refractivity contribution in [2.75, 3.05) is 25.5 Å². The summed E-state index contributed by atoms with van der Waals surface area (Å²) < 4.78 is 38.8. The third kappa shape index (κ3) is 4.94. The molecule has 1 unspecified atom stereocenters. The van der Waals surface area contributed by atoms with Gasteiger partial charge in [0.15, 0.2) is 6.10 Å². The lowest BCUT2D eigenvalue weighted by Gasteiger charge is -2.26. The molecular formula is C22H28N2O5S. The number of aryl methyl sites for hydroxylation is 1. The predicted octanol–water partition coefficient (Wildman–Crippen LogP) is 3.58. The topological polar surface area (TPSA) is 84.9 Å². The average molecular weight is 433 g/mol. The molecule has 0 aromatic heterocycles. The predicted molar refractivity (Wildman–Crippen MR) is 116 cm³/mol. The normalized spacial score (nSPS) is 16.0. The molecule has 2 aromatic carbocycles. The molecule has 30 heavy (non-hydrogen) atoms. The van der Waals surface area contributed by atoms with Crippen LogP contribution in [-0.4, -0.2) is 44.9 Å². The van der Waals surface area contributed by atoms with Gasteiger partial charge in [0.2, 0.25) is 10.0 Å². The third-order valence-corrected chi connectivity index (χ3v) is 7.05. The van der Waals surface area contributed by atoms with Crippen molar-refractivity contribution in [1.82, 2.24) is 4.31 Å². The molecule has 1 heterocycles. The Morgan fingerprint density at radius 3 is 2.43 bits per heavy atom. The largest absolute Gasteiger partial charge is 0.495 e. The van der Waals surface area contributed by atoms with Crippen molar-refractivity contribution in [2.45, 2.75) is 44.1 Å². The van der Waals surface area contributed by atoms with Crippen LogP contribution in [0.1, 0.15) is 31.7 Å². The monoisotopic (exact) mass is 432 g/mol. The fourth-order valence-electron chi connectivity index (χ4n) is 3.38. The number of amides is 1. The van der Waals surface area contributed by atoms with Crippen LogP contribution in [0.5, 0.6) is 11.5 Å². The number of hydrogen-bond acceptors (Lipinski definition) is 5. The first-order chi connectivity index (χ1) is 14.3. The Balaban J connectivity index is 1.79. The van der Waals surface area contributed by atoms with Gasteiger partial charge in [-0.2, -0.15) is 4.31 Å². The van der Waals surface area contributed by atoms with Gasteiger partial charge in [-0.3, -0.25) is 4.79 Å². The Morgan fingerprint density at radius 1 is 1.07 bits per heavy atom. The van der Waals surface area contributed by atoms with E-state index in [1.54, 1.807) is 25.1 Å². The first kappa shape index (κ1) is 22.1. The van der Waals surface area contributed by atoms with E-state index in [1.165, 1.54) is 17.5 Å². The zero-order valence-electron chi connectivity index (χ0n) is 17.6. The molecule has 1 aliphatic heterocycles. The Kier molecular flexibility index (Phi) is 6.99. The number of piperidine rings is 1. The van der Waals surface area contributed by atoms with Crippen molar-refractivity contribution in [3.8, 4) is 11.5 Å². The van der Waals surface area contributed by atoms with Gasteiger partial charge in [0.05, 0.1) is 7.11 Å². The number of para-hydroxylation sites is 1. The summed E-state index contributed by atoms with van der Waals surface area (Å²) in [7, 11) is -2.28. The molecule has 0 aliphatic carbocycles. The second-order valence-electron chi connectivity index (χ2n) is 7.35. The van der Waals surface area contributed by atoms with Crippen molar-refractivity contribution in [1.29, 1.82) is 0 Å². The SMILES string of the molecule is COc1ccc(NC(=O)C(C)Oc2ccccc2C)cc1S(=O)(=O)N1CCCCC1. The highest BCUT2D eigenvalue weighted by atomic mass is 32.2. The average Bonchev–Trinajstić information content (AvgIpc) is 2.75. The van der Waals surface area contributed by atoms with Crippen molar-refractivity contribution < 1.29 is 22.7 Å². The Hall–Kier alpha value is -2.58. The highest BCUT2D eigenvalue weighted by molar-refractivity contribution is 7.89. The van der Waals surface area contributed by atoms with Crippen LogP contribution in [0.15, 0.2) is 47.4 Å². The molecular weight excluding hydrogens is 404 g/mol. The summed E-state index contributed by atoms with van der Waals surface area (Å²) in [5.74, 6) is 0.510. The molecule has 1 fully saturated rings. The number of carbonyl (C=O) groups is 1. The van der Waals surface area contributed by atoms with E-state index in [1.807, 2.05) is 25.1 Å². The number of sulfonamides is 1. The number of anilines is 1. The zero-order valence-corrected chi connectivity index (χ0v) is 18.4. The van der Waals surface area contributed by atoms with Crippen LogP contribution < -0.4 is 14.8 Å². The van der Waals surface area contributed by atoms with Crippen molar-refractivity contribution in [3.05, 3.63) is 48.0 Å². The van der Waals surface area contributed by atoms with Gasteiger partial charge in [0.25, 0.3) is 5.91 Å². The molecule has 1 aliphatic rings. The number of hydrogen-bond donors (Lipinski definition) is 1. The molecule has 162 valence electrons. The molecule has 7 nitrogen and oxygen atoms in total. The summed E-state index contributed by atoms with van der Waals surface area (Å²) in [5, 5.41) is 2.75. The minimum Gasteiger partial charge on any atom is -0.495 e. The van der Waals surface area contributed by atoms with Crippen LogP contribution in [0.25, 0.3) is 0 Å². The number of carbonyl (C=O) groups excluding carboxylic acids is 1. The zero-order chi connectivity index (χ0) is 21.7. The molecule has 8 heteroatoms. The lowest BCUT2D eigenvalue weighted by molar-refractivity contribution is -0.122. The minimum absolute atomic E-state index is 0.0529. The van der Waals surface area contributed by atoms with Crippen LogP contribution >= 0.6 is 0 Å². The quantitative estimate of drug-likeness (QED) is 0.723. The fourth-order valence-corrected chi connectivity index (χ4v) is 5.08. The van der Waals surface area contributed by atoms with Crippen LogP contribution in [0.4, 0.5) is 5.69 Å². The van der Waals surface area contributed by atoms with Crippen LogP contribution in [0.3, 0.4) is 0 Å². The number of nitrogens with one attached hydrogen (secondary N) is 1. The standard InChI is InChI=1S/C22H28N2O5S/c1-16-9-5-6-10-19(16)29-17(2)22(25)23-18-11-12-20(28-3)21(15-18)30(26,27)24-13-7-4-8-14-24/h5-6,9-12,15,17H,4,7-8,13-14H2,1-3H3,(H,23,25). The van der Waals surface area contributed by atoms with E-state index in [0.29, 0.717) is 24.5 Å². The van der Waals surface area contributed by atoms with E-state index >= 15 is 0 Å². The second-order valence-corrected chi connectivity index (χ2v) is 9.25. The minimum atomic E-state index is -3.71. The van der Waals surface area contributed by atoms with Crippen molar-refractivity contribution in [3.63, 3.8) is 0 Å². The van der Waals surface area contributed by atoms with E-state index in [-0.39, 0.29) is 16.6 Å². The molecule has 1 amide bonds. The lowest BCUT2D eigenvalue weighted by atomic mass is 10.2. The summed E-state index contributed by atoms with van der Waals surface area (Å²) in [5.41, 5.74) is 1.30. The molecule has 1 N–H and O–H groups in total. The molecule has 0 saturated carbocycles. The lowest BCUT2D eigenvalue weighted by Crippen LogP contribution is -2.36. The fraction of sp³-hybridized carbons (Fsp3) is 0.409. The maximum atomic E-state index is 13.1. The van der Waals surface area contributed by atoms with Crippen molar-refractivity contribution in [2.24, 2.45) is 0 Å². The first-order valence-electron chi connectivity index (χ1n) is 10.0. The van der Waals surface area contributed by atoms with Gasteiger partial charge in [-0.15, -0.1) is 0 Å². The first-order valence-corrected chi connectivity index (χ1v) is 11.5. The van der Waals surface area contributed by atoms with Crippen LogP contribution in [0.2, 0.25) is 0 Å². The molecule has 3 rings (SSSR count). The van der Waals surface area contributed by atoms with E-state index in [9.17, 15) is 13.2 Å².